The van der Waals surface area contributed by atoms with Crippen molar-refractivity contribution < 1.29 is 4.11 Å². The van der Waals surface area contributed by atoms with Crippen LogP contribution in [0.25, 0.3) is 0 Å². The molecule has 0 spiro atoms. The maximum atomic E-state index is 7.85. The van der Waals surface area contributed by atoms with Crippen LogP contribution in [-0.2, 0) is 6.54 Å². The molecule has 1 aromatic rings. The Morgan fingerprint density at radius 1 is 1.32 bits per heavy atom. The van der Waals surface area contributed by atoms with E-state index < -0.39 is 6.98 Å². The Morgan fingerprint density at radius 2 is 2.00 bits per heavy atom. The summed E-state index contributed by atoms with van der Waals surface area (Å²) in [6, 6.07) is 3.89. The molecule has 0 amide bonds. The lowest BCUT2D eigenvalue weighted by Gasteiger charge is -2.31. The summed E-state index contributed by atoms with van der Waals surface area (Å²) in [7, 11) is 0. The molecular formula is C14H21Br2ClN2. The summed E-state index contributed by atoms with van der Waals surface area (Å²) in [5.74, 6) is 0. The number of rotatable bonds is 3. The van der Waals surface area contributed by atoms with E-state index in [1.54, 1.807) is 4.90 Å². The molecule has 2 nitrogen and oxygen atoms in total. The molecule has 19 heavy (non-hydrogen) atoms. The number of benzene rings is 1. The quantitative estimate of drug-likeness (QED) is 0.706. The molecule has 2 N–H and O–H groups in total. The van der Waals surface area contributed by atoms with Crippen LogP contribution in [0.1, 0.15) is 41.8 Å². The first-order valence-corrected chi connectivity index (χ1v) is 7.88. The molecule has 0 unspecified atom stereocenters. The van der Waals surface area contributed by atoms with Gasteiger partial charge in [0.1, 0.15) is 0 Å². The Balaban J connectivity index is 0.00000242. The average molecular weight is 416 g/mol. The third kappa shape index (κ3) is 4.62. The molecule has 0 bridgehead atoms. The van der Waals surface area contributed by atoms with Crippen molar-refractivity contribution in [3.8, 4) is 0 Å². The lowest BCUT2D eigenvalue weighted by molar-refractivity contribution is 0.185. The van der Waals surface area contributed by atoms with Gasteiger partial charge in [-0.2, -0.15) is 0 Å². The van der Waals surface area contributed by atoms with Gasteiger partial charge in [0.05, 0.1) is 5.69 Å². The lowest BCUT2D eigenvalue weighted by Crippen LogP contribution is -2.33. The third-order valence-electron chi connectivity index (χ3n) is 3.54. The minimum absolute atomic E-state index is 0. The molecule has 0 radical (unpaired) electrons. The zero-order valence-electron chi connectivity index (χ0n) is 13.7. The van der Waals surface area contributed by atoms with Crippen molar-refractivity contribution in [2.24, 2.45) is 0 Å². The van der Waals surface area contributed by atoms with Gasteiger partial charge in [-0.25, -0.2) is 0 Å². The fourth-order valence-corrected chi connectivity index (χ4v) is 3.79. The van der Waals surface area contributed by atoms with Crippen molar-refractivity contribution in [2.75, 3.05) is 12.7 Å². The number of halogens is 3. The van der Waals surface area contributed by atoms with Crippen LogP contribution >= 0.6 is 44.3 Å². The highest BCUT2D eigenvalue weighted by atomic mass is 79.9. The van der Waals surface area contributed by atoms with Crippen LogP contribution in [0.3, 0.4) is 0 Å². The SMILES string of the molecule is Cl.[2H]C([2H])([2H])N(Cc1cc(Br)cc(Br)c1N)C1CCCCC1. The van der Waals surface area contributed by atoms with Gasteiger partial charge in [-0.05, 0) is 53.4 Å². The number of nitrogen functional groups attached to an aromatic ring is 1. The van der Waals surface area contributed by atoms with Crippen molar-refractivity contribution in [1.82, 2.24) is 4.90 Å². The van der Waals surface area contributed by atoms with Gasteiger partial charge in [-0.15, -0.1) is 12.4 Å². The Hall–Kier alpha value is 0.230. The van der Waals surface area contributed by atoms with Crippen LogP contribution < -0.4 is 5.73 Å². The second-order valence-electron chi connectivity index (χ2n) is 4.88. The van der Waals surface area contributed by atoms with Crippen LogP contribution in [-0.4, -0.2) is 17.9 Å². The monoisotopic (exact) mass is 413 g/mol. The normalized spacial score (nSPS) is 19.4. The topological polar surface area (TPSA) is 29.3 Å². The first kappa shape index (κ1) is 12.9. The summed E-state index contributed by atoms with van der Waals surface area (Å²) in [5.41, 5.74) is 7.55. The maximum absolute atomic E-state index is 7.85. The predicted octanol–water partition coefficient (Wildman–Crippen LogP) is 4.98. The molecule has 0 aliphatic heterocycles. The Morgan fingerprint density at radius 3 is 2.63 bits per heavy atom. The third-order valence-corrected chi connectivity index (χ3v) is 4.65. The van der Waals surface area contributed by atoms with Crippen LogP contribution in [0.4, 0.5) is 5.69 Å². The molecule has 1 fully saturated rings. The zero-order chi connectivity index (χ0) is 15.6. The summed E-state index contributed by atoms with van der Waals surface area (Å²) >= 11 is 6.86. The molecule has 1 aliphatic rings. The van der Waals surface area contributed by atoms with Gasteiger partial charge in [0.25, 0.3) is 0 Å². The van der Waals surface area contributed by atoms with Gasteiger partial charge in [0.2, 0.25) is 0 Å². The van der Waals surface area contributed by atoms with E-state index in [0.717, 1.165) is 40.2 Å². The second kappa shape index (κ2) is 7.87. The van der Waals surface area contributed by atoms with Gasteiger partial charge >= 0.3 is 0 Å². The van der Waals surface area contributed by atoms with Crippen LogP contribution in [0, 0.1) is 0 Å². The fourth-order valence-electron chi connectivity index (χ4n) is 2.47. The molecular weight excluding hydrogens is 391 g/mol. The number of anilines is 1. The van der Waals surface area contributed by atoms with Gasteiger partial charge in [-0.1, -0.05) is 35.2 Å². The van der Waals surface area contributed by atoms with E-state index in [1.807, 2.05) is 12.1 Å². The van der Waals surface area contributed by atoms with E-state index in [0.29, 0.717) is 12.2 Å². The molecule has 0 aromatic heterocycles. The maximum Gasteiger partial charge on any atom is 0.0504 e. The van der Waals surface area contributed by atoms with Gasteiger partial charge < -0.3 is 5.73 Å². The van der Waals surface area contributed by atoms with Crippen molar-refractivity contribution in [3.05, 3.63) is 26.6 Å². The first-order chi connectivity index (χ1) is 9.79. The molecule has 2 rings (SSSR count). The van der Waals surface area contributed by atoms with Gasteiger partial charge in [-0.3, -0.25) is 4.90 Å². The Labute approximate surface area is 143 Å². The highest BCUT2D eigenvalue weighted by Gasteiger charge is 2.19. The van der Waals surface area contributed by atoms with E-state index in [9.17, 15) is 0 Å². The minimum Gasteiger partial charge on any atom is -0.398 e. The van der Waals surface area contributed by atoms with E-state index in [-0.39, 0.29) is 18.4 Å². The standard InChI is InChI=1S/C14H20Br2N2.ClH/c1-18(12-5-3-2-4-6-12)9-10-7-11(15)8-13(16)14(10)17;/h7-8,12H,2-6,9,17H2,1H3;1H/i1D3;. The molecule has 1 aliphatic carbocycles. The second-order valence-corrected chi connectivity index (χ2v) is 6.65. The predicted molar refractivity (Wildman–Crippen MR) is 91.8 cm³/mol. The van der Waals surface area contributed by atoms with Crippen molar-refractivity contribution in [3.63, 3.8) is 0 Å². The number of nitrogens with zero attached hydrogens (tertiary/aromatic N) is 1. The molecule has 5 heteroatoms. The summed E-state index contributed by atoms with van der Waals surface area (Å²) in [5, 5.41) is 0. The molecule has 1 saturated carbocycles. The van der Waals surface area contributed by atoms with E-state index in [2.05, 4.69) is 31.9 Å². The summed E-state index contributed by atoms with van der Waals surface area (Å²) in [6.07, 6.45) is 5.32. The van der Waals surface area contributed by atoms with Crippen molar-refractivity contribution in [2.45, 2.75) is 44.7 Å². The molecule has 0 heterocycles. The minimum atomic E-state index is -2.09. The first-order valence-electron chi connectivity index (χ1n) is 7.79. The van der Waals surface area contributed by atoms with Gasteiger partial charge in [0, 0.05) is 25.6 Å². The smallest absolute Gasteiger partial charge is 0.0504 e. The van der Waals surface area contributed by atoms with E-state index >= 15 is 0 Å². The van der Waals surface area contributed by atoms with Crippen LogP contribution in [0.5, 0.6) is 0 Å². The number of hydrogen-bond acceptors (Lipinski definition) is 2. The van der Waals surface area contributed by atoms with E-state index in [4.69, 9.17) is 9.85 Å². The molecule has 108 valence electrons. The summed E-state index contributed by atoms with van der Waals surface area (Å²) < 4.78 is 25.2. The zero-order valence-corrected chi connectivity index (χ0v) is 14.7. The highest BCUT2D eigenvalue weighted by Crippen LogP contribution is 2.30. The highest BCUT2D eigenvalue weighted by molar-refractivity contribution is 9.11. The molecule has 1 aromatic carbocycles. The lowest BCUT2D eigenvalue weighted by atomic mass is 9.94. The molecule has 0 atom stereocenters. The number of hydrogen-bond donors (Lipinski definition) is 1. The average Bonchev–Trinajstić information content (AvgIpc) is 2.40. The van der Waals surface area contributed by atoms with Crippen molar-refractivity contribution in [1.29, 1.82) is 0 Å². The fraction of sp³-hybridized carbons (Fsp3) is 0.571. The largest absolute Gasteiger partial charge is 0.398 e. The Kier molecular flexibility index (Phi) is 5.35. The van der Waals surface area contributed by atoms with Crippen LogP contribution in [0.2, 0.25) is 0 Å². The van der Waals surface area contributed by atoms with E-state index in [1.165, 1.54) is 6.42 Å². The van der Waals surface area contributed by atoms with Gasteiger partial charge in [0.15, 0.2) is 0 Å². The molecule has 0 saturated heterocycles. The summed E-state index contributed by atoms with van der Waals surface area (Å²) in [4.78, 5) is 1.64. The van der Waals surface area contributed by atoms with Crippen LogP contribution in [0.15, 0.2) is 21.1 Å². The Bertz CT molecular complexity index is 506. The van der Waals surface area contributed by atoms with Crippen molar-refractivity contribution >= 4 is 50.0 Å². The summed E-state index contributed by atoms with van der Waals surface area (Å²) in [6.45, 7) is -1.74. The number of nitrogens with two attached hydrogens (primary N) is 1.